The van der Waals surface area contributed by atoms with Gasteiger partial charge in [-0.3, -0.25) is 9.38 Å². The number of pyridine rings is 1. The maximum Gasteiger partial charge on any atom is 0.208 e. The molecule has 0 unspecified atom stereocenters. The first-order valence-corrected chi connectivity index (χ1v) is 10.7. The van der Waals surface area contributed by atoms with Gasteiger partial charge in [0.05, 0.1) is 18.0 Å². The average Bonchev–Trinajstić information content (AvgIpc) is 3.40. The van der Waals surface area contributed by atoms with E-state index in [-0.39, 0.29) is 18.2 Å². The number of rotatable bonds is 6. The van der Waals surface area contributed by atoms with Gasteiger partial charge in [0.25, 0.3) is 0 Å². The number of anilines is 1. The predicted octanol–water partition coefficient (Wildman–Crippen LogP) is 3.99. The van der Waals surface area contributed by atoms with Gasteiger partial charge in [-0.25, -0.2) is 18.7 Å². The van der Waals surface area contributed by atoms with Crippen LogP contribution < -0.4 is 10.1 Å². The van der Waals surface area contributed by atoms with Crippen molar-refractivity contribution < 1.29 is 13.5 Å². The molecule has 4 aromatic rings. The lowest BCUT2D eigenvalue weighted by Crippen LogP contribution is -2.13. The number of halogens is 2. The maximum atomic E-state index is 14.6. The Morgan fingerprint density at radius 2 is 2.00 bits per heavy atom. The number of aryl methyl sites for hydroxylation is 1. The average molecular weight is 450 g/mol. The molecule has 0 atom stereocenters. The van der Waals surface area contributed by atoms with Gasteiger partial charge in [0.15, 0.2) is 0 Å². The zero-order chi connectivity index (χ0) is 23.1. The van der Waals surface area contributed by atoms with E-state index in [9.17, 15) is 8.78 Å². The van der Waals surface area contributed by atoms with Gasteiger partial charge in [0.1, 0.15) is 23.0 Å². The fraction of sp³-hybridized carbons (Fsp3) is 0.292. The van der Waals surface area contributed by atoms with Crippen molar-refractivity contribution in [2.45, 2.75) is 26.4 Å². The fourth-order valence-electron chi connectivity index (χ4n) is 4.13. The molecule has 0 saturated heterocycles. The summed E-state index contributed by atoms with van der Waals surface area (Å²) in [6.07, 6.45) is 5.80. The van der Waals surface area contributed by atoms with Gasteiger partial charge in [-0.1, -0.05) is 0 Å². The summed E-state index contributed by atoms with van der Waals surface area (Å²) in [4.78, 5) is 15.3. The first kappa shape index (κ1) is 21.3. The Morgan fingerprint density at radius 3 is 2.79 bits per heavy atom. The first-order valence-electron chi connectivity index (χ1n) is 10.7. The number of ether oxygens (including phenoxy) is 1. The van der Waals surface area contributed by atoms with E-state index in [0.717, 1.165) is 17.0 Å². The predicted molar refractivity (Wildman–Crippen MR) is 121 cm³/mol. The third-order valence-electron chi connectivity index (χ3n) is 5.67. The van der Waals surface area contributed by atoms with Crippen molar-refractivity contribution in [3.63, 3.8) is 0 Å². The van der Waals surface area contributed by atoms with Crippen molar-refractivity contribution in [1.29, 1.82) is 0 Å². The minimum absolute atomic E-state index is 0.256. The molecule has 0 amide bonds. The highest BCUT2D eigenvalue weighted by Crippen LogP contribution is 2.31. The summed E-state index contributed by atoms with van der Waals surface area (Å²) >= 11 is 0. The normalized spacial score (nSPS) is 12.9. The highest BCUT2D eigenvalue weighted by Gasteiger charge is 2.20. The second-order valence-electron chi connectivity index (χ2n) is 8.42. The molecule has 7 nitrogen and oxygen atoms in total. The SMILES string of the molecule is Cc1cn2c(NCc3c(F)ccc4c3CCO4)ncc(-c3cnc(CN(C)C)c(F)c3)c2n1. The van der Waals surface area contributed by atoms with Crippen molar-refractivity contribution in [3.8, 4) is 16.9 Å². The zero-order valence-electron chi connectivity index (χ0n) is 18.7. The zero-order valence-corrected chi connectivity index (χ0v) is 18.7. The number of hydrogen-bond donors (Lipinski definition) is 1. The molecule has 5 rings (SSSR count). The molecule has 3 aromatic heterocycles. The second-order valence-corrected chi connectivity index (χ2v) is 8.42. The van der Waals surface area contributed by atoms with E-state index < -0.39 is 0 Å². The minimum Gasteiger partial charge on any atom is -0.493 e. The lowest BCUT2D eigenvalue weighted by molar-refractivity contribution is 0.356. The molecule has 0 spiro atoms. The third-order valence-corrected chi connectivity index (χ3v) is 5.67. The highest BCUT2D eigenvalue weighted by molar-refractivity contribution is 5.77. The highest BCUT2D eigenvalue weighted by atomic mass is 19.1. The van der Waals surface area contributed by atoms with Gasteiger partial charge < -0.3 is 15.0 Å². The summed E-state index contributed by atoms with van der Waals surface area (Å²) in [5.41, 5.74) is 4.50. The number of imidazole rings is 1. The molecular formula is C24H24F2N6O. The third kappa shape index (κ3) is 4.00. The van der Waals surface area contributed by atoms with Crippen LogP contribution in [0.15, 0.2) is 36.8 Å². The van der Waals surface area contributed by atoms with E-state index in [1.165, 1.54) is 12.1 Å². The van der Waals surface area contributed by atoms with Crippen molar-refractivity contribution >= 4 is 11.6 Å². The molecule has 0 fully saturated rings. The van der Waals surface area contributed by atoms with Crippen LogP contribution in [0, 0.1) is 18.6 Å². The van der Waals surface area contributed by atoms with Gasteiger partial charge in [0.2, 0.25) is 5.95 Å². The summed E-state index contributed by atoms with van der Waals surface area (Å²) in [5, 5.41) is 3.23. The van der Waals surface area contributed by atoms with Crippen LogP contribution in [0.1, 0.15) is 22.5 Å². The van der Waals surface area contributed by atoms with Gasteiger partial charge in [0, 0.05) is 60.4 Å². The summed E-state index contributed by atoms with van der Waals surface area (Å²) in [5.74, 6) is 0.594. The largest absolute Gasteiger partial charge is 0.493 e. The van der Waals surface area contributed by atoms with Crippen molar-refractivity contribution in [3.05, 3.63) is 70.9 Å². The van der Waals surface area contributed by atoms with Crippen LogP contribution >= 0.6 is 0 Å². The quantitative estimate of drug-likeness (QED) is 0.479. The van der Waals surface area contributed by atoms with Crippen LogP contribution in [-0.4, -0.2) is 45.0 Å². The summed E-state index contributed by atoms with van der Waals surface area (Å²) in [6.45, 7) is 3.10. The number of aromatic nitrogens is 4. The topological polar surface area (TPSA) is 67.6 Å². The van der Waals surface area contributed by atoms with Gasteiger partial charge >= 0.3 is 0 Å². The van der Waals surface area contributed by atoms with E-state index in [1.54, 1.807) is 22.9 Å². The number of fused-ring (bicyclic) bond motifs is 2. The molecule has 170 valence electrons. The Hall–Kier alpha value is -3.59. The Balaban J connectivity index is 1.48. The number of nitrogens with one attached hydrogen (secondary N) is 1. The van der Waals surface area contributed by atoms with Crippen LogP contribution in [0.5, 0.6) is 5.75 Å². The molecule has 9 heteroatoms. The smallest absolute Gasteiger partial charge is 0.208 e. The molecule has 1 aliphatic rings. The summed E-state index contributed by atoms with van der Waals surface area (Å²) in [7, 11) is 3.73. The minimum atomic E-state index is -0.375. The lowest BCUT2D eigenvalue weighted by atomic mass is 10.0. The van der Waals surface area contributed by atoms with Crippen molar-refractivity contribution in [2.24, 2.45) is 0 Å². The van der Waals surface area contributed by atoms with E-state index in [0.29, 0.717) is 53.6 Å². The van der Waals surface area contributed by atoms with E-state index in [4.69, 9.17) is 4.74 Å². The Bertz CT molecular complexity index is 1350. The summed E-state index contributed by atoms with van der Waals surface area (Å²) < 4.78 is 36.5. The molecule has 0 bridgehead atoms. The molecule has 0 saturated carbocycles. The maximum absolute atomic E-state index is 14.6. The van der Waals surface area contributed by atoms with Crippen LogP contribution in [-0.2, 0) is 19.5 Å². The first-order chi connectivity index (χ1) is 15.9. The fourth-order valence-corrected chi connectivity index (χ4v) is 4.13. The molecule has 4 heterocycles. The summed E-state index contributed by atoms with van der Waals surface area (Å²) in [6, 6.07) is 4.56. The van der Waals surface area contributed by atoms with E-state index in [1.807, 2.05) is 32.1 Å². The van der Waals surface area contributed by atoms with E-state index in [2.05, 4.69) is 20.3 Å². The molecule has 1 aliphatic heterocycles. The van der Waals surface area contributed by atoms with Crippen molar-refractivity contribution in [1.82, 2.24) is 24.3 Å². The second kappa shape index (κ2) is 8.40. The Morgan fingerprint density at radius 1 is 1.15 bits per heavy atom. The van der Waals surface area contributed by atoms with E-state index >= 15 is 0 Å². The van der Waals surface area contributed by atoms with Crippen LogP contribution in [0.3, 0.4) is 0 Å². The molecule has 33 heavy (non-hydrogen) atoms. The molecular weight excluding hydrogens is 426 g/mol. The number of nitrogens with zero attached hydrogens (tertiary/aromatic N) is 5. The molecule has 0 aliphatic carbocycles. The van der Waals surface area contributed by atoms with Crippen LogP contribution in [0.2, 0.25) is 0 Å². The number of benzene rings is 1. The monoisotopic (exact) mass is 450 g/mol. The van der Waals surface area contributed by atoms with Crippen LogP contribution in [0.25, 0.3) is 16.8 Å². The Kier molecular flexibility index (Phi) is 5.41. The molecule has 1 aromatic carbocycles. The lowest BCUT2D eigenvalue weighted by Gasteiger charge is -2.13. The molecule has 0 radical (unpaired) electrons. The number of hydrogen-bond acceptors (Lipinski definition) is 6. The Labute approximate surface area is 190 Å². The van der Waals surface area contributed by atoms with Gasteiger partial charge in [-0.2, -0.15) is 0 Å². The standard InChI is InChI=1S/C24H24F2N6O/c1-14-12-32-23(30-14)17(15-8-20(26)21(27-9-15)13-31(2)3)10-28-24(32)29-11-18-16-6-7-33-22(16)5-4-19(18)25/h4-5,8-10,12H,6-7,11,13H2,1-3H3,(H,28,29). The van der Waals surface area contributed by atoms with Crippen LogP contribution in [0.4, 0.5) is 14.7 Å². The van der Waals surface area contributed by atoms with Gasteiger partial charge in [-0.05, 0) is 39.2 Å². The van der Waals surface area contributed by atoms with Crippen molar-refractivity contribution in [2.75, 3.05) is 26.0 Å². The van der Waals surface area contributed by atoms with Gasteiger partial charge in [-0.15, -0.1) is 0 Å². The molecule has 1 N–H and O–H groups in total.